The first kappa shape index (κ1) is 33.6. The third-order valence-electron chi connectivity index (χ3n) is 7.81. The summed E-state index contributed by atoms with van der Waals surface area (Å²) in [6.45, 7) is 27.9. The molecule has 0 aliphatic carbocycles. The van der Waals surface area contributed by atoms with Gasteiger partial charge in [0.05, 0.1) is 12.0 Å². The Morgan fingerprint density at radius 1 is 1.12 bits per heavy atom. The normalized spacial score (nSPS) is 15.5. The average molecular weight is 551 g/mol. The van der Waals surface area contributed by atoms with E-state index in [0.29, 0.717) is 12.5 Å². The second kappa shape index (κ2) is 17.3. The molecule has 40 heavy (non-hydrogen) atoms. The fourth-order valence-electron chi connectivity index (χ4n) is 5.13. The number of rotatable bonds is 13. The van der Waals surface area contributed by atoms with Crippen LogP contribution in [0, 0.1) is 32.6 Å². The van der Waals surface area contributed by atoms with Crippen molar-refractivity contribution in [3.8, 4) is 0 Å². The Morgan fingerprint density at radius 3 is 2.40 bits per heavy atom. The van der Waals surface area contributed by atoms with Gasteiger partial charge in [0, 0.05) is 32.4 Å². The monoisotopic (exact) mass is 550 g/mol. The van der Waals surface area contributed by atoms with Crippen LogP contribution < -0.4 is 21.3 Å². The van der Waals surface area contributed by atoms with Gasteiger partial charge >= 0.3 is 0 Å². The number of hydrogen-bond donors (Lipinski definition) is 3. The van der Waals surface area contributed by atoms with Crippen molar-refractivity contribution in [1.82, 2.24) is 20.5 Å². The molecule has 2 atom stereocenters. The van der Waals surface area contributed by atoms with E-state index in [4.69, 9.17) is 10.7 Å². The van der Waals surface area contributed by atoms with Crippen molar-refractivity contribution < 1.29 is 0 Å². The van der Waals surface area contributed by atoms with E-state index in [1.54, 1.807) is 0 Å². The maximum Gasteiger partial charge on any atom is 0.131 e. The van der Waals surface area contributed by atoms with Crippen LogP contribution >= 0.6 is 0 Å². The summed E-state index contributed by atoms with van der Waals surface area (Å²) in [6, 6.07) is 9.02. The number of benzene rings is 1. The molecule has 3 rings (SSSR count). The van der Waals surface area contributed by atoms with Crippen LogP contribution in [0.4, 0.5) is 5.82 Å². The van der Waals surface area contributed by atoms with Gasteiger partial charge in [-0.15, -0.1) is 0 Å². The molecule has 1 fully saturated rings. The van der Waals surface area contributed by atoms with Gasteiger partial charge in [0.1, 0.15) is 5.82 Å². The minimum Gasteiger partial charge on any atom is -0.368 e. The predicted octanol–water partition coefficient (Wildman–Crippen LogP) is 6.64. The molecule has 2 heterocycles. The lowest BCUT2D eigenvalue weighted by molar-refractivity contribution is 0.185. The maximum absolute atomic E-state index is 5.69. The Balaban J connectivity index is 0.000000302. The van der Waals surface area contributed by atoms with Crippen LogP contribution in [0.3, 0.4) is 0 Å². The molecule has 2 aromatic rings. The molecule has 1 aromatic heterocycles. The Bertz CT molecular complexity index is 1030. The first-order valence-electron chi connectivity index (χ1n) is 15.5. The van der Waals surface area contributed by atoms with Gasteiger partial charge in [-0.3, -0.25) is 4.90 Å². The van der Waals surface area contributed by atoms with Gasteiger partial charge in [-0.1, -0.05) is 64.5 Å². The van der Waals surface area contributed by atoms with Gasteiger partial charge in [0.15, 0.2) is 0 Å². The van der Waals surface area contributed by atoms with Crippen LogP contribution in [0.1, 0.15) is 88.1 Å². The number of anilines is 1. The van der Waals surface area contributed by atoms with Crippen LogP contribution in [-0.2, 0) is 13.1 Å². The number of likely N-dealkylation sites (tertiary alicyclic amines) is 1. The first-order valence-corrected chi connectivity index (χ1v) is 15.5. The summed E-state index contributed by atoms with van der Waals surface area (Å²) in [6.07, 6.45) is 6.89. The van der Waals surface area contributed by atoms with Crippen LogP contribution in [0.5, 0.6) is 0 Å². The Kier molecular flexibility index (Phi) is 14.5. The SMILES string of the molecule is C=C(NCc1cnc(N(CCC)CC(C)CC)c(C)c1)NC(C)N.Cc1ccc(CN2CCC(C)CC2)c(C)c1. The minimum absolute atomic E-state index is 0.115. The molecular weight excluding hydrogens is 492 g/mol. The van der Waals surface area contributed by atoms with E-state index in [9.17, 15) is 0 Å². The van der Waals surface area contributed by atoms with Crippen LogP contribution in [0.2, 0.25) is 0 Å². The molecule has 0 saturated carbocycles. The molecule has 4 N–H and O–H groups in total. The van der Waals surface area contributed by atoms with E-state index in [1.165, 1.54) is 54.6 Å². The summed E-state index contributed by atoms with van der Waals surface area (Å²) in [4.78, 5) is 9.74. The molecule has 6 heteroatoms. The number of nitrogens with one attached hydrogen (secondary N) is 2. The molecule has 1 aliphatic rings. The number of aryl methyl sites for hydroxylation is 3. The van der Waals surface area contributed by atoms with E-state index >= 15 is 0 Å². The zero-order chi connectivity index (χ0) is 29.7. The molecule has 1 aliphatic heterocycles. The number of nitrogens with zero attached hydrogens (tertiary/aromatic N) is 3. The zero-order valence-electron chi connectivity index (χ0n) is 26.8. The number of aromatic nitrogens is 1. The van der Waals surface area contributed by atoms with E-state index < -0.39 is 0 Å². The topological polar surface area (TPSA) is 69.5 Å². The number of pyridine rings is 1. The van der Waals surface area contributed by atoms with Crippen molar-refractivity contribution in [2.75, 3.05) is 31.1 Å². The highest BCUT2D eigenvalue weighted by Crippen LogP contribution is 2.21. The molecule has 6 nitrogen and oxygen atoms in total. The lowest BCUT2D eigenvalue weighted by Gasteiger charge is -2.30. The number of nitrogens with two attached hydrogens (primary N) is 1. The smallest absolute Gasteiger partial charge is 0.131 e. The summed E-state index contributed by atoms with van der Waals surface area (Å²) in [5, 5.41) is 6.28. The molecule has 0 radical (unpaired) electrons. The molecule has 224 valence electrons. The summed E-state index contributed by atoms with van der Waals surface area (Å²) < 4.78 is 0. The van der Waals surface area contributed by atoms with Crippen molar-refractivity contribution in [3.63, 3.8) is 0 Å². The zero-order valence-corrected chi connectivity index (χ0v) is 26.8. The first-order chi connectivity index (χ1) is 19.0. The summed E-state index contributed by atoms with van der Waals surface area (Å²) in [5.41, 5.74) is 12.4. The number of piperidine rings is 1. The van der Waals surface area contributed by atoms with Gasteiger partial charge in [-0.05, 0) is 100 Å². The van der Waals surface area contributed by atoms with Crippen molar-refractivity contribution >= 4 is 5.82 Å². The highest BCUT2D eigenvalue weighted by Gasteiger charge is 2.16. The predicted molar refractivity (Wildman–Crippen MR) is 173 cm³/mol. The Hall–Kier alpha value is -2.57. The van der Waals surface area contributed by atoms with Crippen LogP contribution in [0.25, 0.3) is 0 Å². The van der Waals surface area contributed by atoms with E-state index in [1.807, 2.05) is 13.1 Å². The Morgan fingerprint density at radius 2 is 1.82 bits per heavy atom. The molecular formula is C34H58N6. The van der Waals surface area contributed by atoms with Crippen molar-refractivity contribution in [1.29, 1.82) is 0 Å². The average Bonchev–Trinajstić information content (AvgIpc) is 2.90. The van der Waals surface area contributed by atoms with Gasteiger partial charge in [-0.25, -0.2) is 4.98 Å². The highest BCUT2D eigenvalue weighted by atomic mass is 15.2. The summed E-state index contributed by atoms with van der Waals surface area (Å²) in [5.74, 6) is 3.44. The van der Waals surface area contributed by atoms with Gasteiger partial charge in [0.2, 0.25) is 0 Å². The minimum atomic E-state index is -0.115. The van der Waals surface area contributed by atoms with Crippen molar-refractivity contribution in [3.05, 3.63) is 70.7 Å². The van der Waals surface area contributed by atoms with Crippen LogP contribution in [-0.4, -0.2) is 42.2 Å². The van der Waals surface area contributed by atoms with E-state index in [2.05, 4.69) is 99.7 Å². The summed E-state index contributed by atoms with van der Waals surface area (Å²) in [7, 11) is 0. The van der Waals surface area contributed by atoms with Gasteiger partial charge < -0.3 is 21.3 Å². The highest BCUT2D eigenvalue weighted by molar-refractivity contribution is 5.47. The van der Waals surface area contributed by atoms with Gasteiger partial charge in [0.25, 0.3) is 0 Å². The van der Waals surface area contributed by atoms with Gasteiger partial charge in [-0.2, -0.15) is 0 Å². The number of hydrogen-bond acceptors (Lipinski definition) is 6. The molecule has 0 spiro atoms. The fraction of sp³-hybridized carbons (Fsp3) is 0.618. The summed E-state index contributed by atoms with van der Waals surface area (Å²) >= 11 is 0. The molecule has 1 aromatic carbocycles. The molecule has 0 bridgehead atoms. The second-order valence-corrected chi connectivity index (χ2v) is 12.1. The third-order valence-corrected chi connectivity index (χ3v) is 7.81. The molecule has 1 saturated heterocycles. The largest absolute Gasteiger partial charge is 0.368 e. The fourth-order valence-corrected chi connectivity index (χ4v) is 5.13. The lowest BCUT2D eigenvalue weighted by Crippen LogP contribution is -2.37. The third kappa shape index (κ3) is 11.9. The van der Waals surface area contributed by atoms with Crippen LogP contribution in [0.15, 0.2) is 42.9 Å². The Labute approximate surface area is 245 Å². The van der Waals surface area contributed by atoms with Crippen molar-refractivity contribution in [2.45, 2.75) is 100 Å². The molecule has 0 amide bonds. The van der Waals surface area contributed by atoms with E-state index in [0.717, 1.165) is 49.2 Å². The maximum atomic E-state index is 5.69. The van der Waals surface area contributed by atoms with Crippen molar-refractivity contribution in [2.24, 2.45) is 17.6 Å². The lowest BCUT2D eigenvalue weighted by atomic mass is 9.98. The standard InChI is InChI=1S/C19H35N5.C15H23N/c1-7-9-24(13-14(3)8-2)19-15(4)10-18(12-22-19)11-21-17(6)23-16(5)20;1-12-6-8-16(9-7-12)11-15-5-4-13(2)10-14(15)3/h10,12,14,16,21,23H,6-9,11,13,20H2,1-5H3;4-5,10,12H,6-9,11H2,1-3H3. The second-order valence-electron chi connectivity index (χ2n) is 12.1. The molecule has 2 unspecified atom stereocenters. The van der Waals surface area contributed by atoms with E-state index in [-0.39, 0.29) is 6.17 Å². The quantitative estimate of drug-likeness (QED) is 0.243.